The normalized spacial score (nSPS) is 15.4. The highest BCUT2D eigenvalue weighted by molar-refractivity contribution is 6.30. The fourth-order valence-electron chi connectivity index (χ4n) is 5.54. The second kappa shape index (κ2) is 9.91. The Balaban J connectivity index is 1.28. The Kier molecular flexibility index (Phi) is 6.31. The Hall–Kier alpha value is -3.83. The number of fused-ring (bicyclic) bond motifs is 3. The zero-order valence-corrected chi connectivity index (χ0v) is 21.5. The average molecular weight is 510 g/mol. The molecule has 0 aliphatic heterocycles. The molecule has 2 aromatic carbocycles. The third kappa shape index (κ3) is 4.67. The molecule has 3 aromatic heterocycles. The quantitative estimate of drug-likeness (QED) is 0.250. The predicted octanol–water partition coefficient (Wildman–Crippen LogP) is 6.62. The van der Waals surface area contributed by atoms with Crippen molar-refractivity contribution in [1.82, 2.24) is 14.1 Å². The number of nitrogens with zero attached hydrogens (tertiary/aromatic N) is 3. The smallest absolute Gasteiger partial charge is 0.258 e. The van der Waals surface area contributed by atoms with Crippen LogP contribution in [-0.2, 0) is 26.5 Å². The van der Waals surface area contributed by atoms with Gasteiger partial charge in [0.1, 0.15) is 12.4 Å². The van der Waals surface area contributed by atoms with Crippen molar-refractivity contribution in [3.63, 3.8) is 0 Å². The monoisotopic (exact) mass is 509 g/mol. The summed E-state index contributed by atoms with van der Waals surface area (Å²) < 4.78 is 9.77. The van der Waals surface area contributed by atoms with Gasteiger partial charge in [0.25, 0.3) is 5.56 Å². The van der Waals surface area contributed by atoms with Gasteiger partial charge in [0.05, 0.1) is 21.9 Å². The lowest BCUT2D eigenvalue weighted by Crippen LogP contribution is -2.16. The maximum absolute atomic E-state index is 13.0. The van der Waals surface area contributed by atoms with Crippen molar-refractivity contribution in [3.8, 4) is 11.4 Å². The minimum Gasteiger partial charge on any atom is -0.487 e. The number of rotatable bonds is 5. The molecule has 5 nitrogen and oxygen atoms in total. The van der Waals surface area contributed by atoms with Crippen molar-refractivity contribution in [2.24, 2.45) is 7.05 Å². The van der Waals surface area contributed by atoms with Crippen LogP contribution in [0.15, 0.2) is 90.0 Å². The molecule has 1 aliphatic rings. The van der Waals surface area contributed by atoms with E-state index in [-0.39, 0.29) is 12.2 Å². The van der Waals surface area contributed by atoms with Gasteiger partial charge in [-0.05, 0) is 73.1 Å². The third-order valence-electron chi connectivity index (χ3n) is 7.45. The molecule has 0 amide bonds. The highest BCUT2D eigenvalue weighted by atomic mass is 35.5. The molecular formula is C31H28ClN3O2. The lowest BCUT2D eigenvalue weighted by atomic mass is 9.90. The van der Waals surface area contributed by atoms with E-state index in [1.165, 1.54) is 41.1 Å². The number of pyridine rings is 2. The van der Waals surface area contributed by atoms with Crippen LogP contribution in [0.25, 0.3) is 16.6 Å². The van der Waals surface area contributed by atoms with Crippen molar-refractivity contribution in [3.05, 3.63) is 123 Å². The molecule has 6 rings (SSSR count). The summed E-state index contributed by atoms with van der Waals surface area (Å²) in [4.78, 5) is 17.2. The van der Waals surface area contributed by atoms with Gasteiger partial charge < -0.3 is 9.30 Å². The standard InChI is InChI=1S/C31H28ClN3O2/c1-34-29-9-5-8-22(21-6-3-2-4-7-21)16-28(29)27-13-12-25(17-30(27)34)35-15-14-26(18-31(35)36)37-20-24-11-10-23(32)19-33-24/h2-4,6-7,10-15,17-19,22H,5,8-9,16,20H2,1H3. The van der Waals surface area contributed by atoms with Crippen LogP contribution in [0.2, 0.25) is 5.02 Å². The zero-order valence-electron chi connectivity index (χ0n) is 20.7. The van der Waals surface area contributed by atoms with E-state index in [4.69, 9.17) is 16.3 Å². The van der Waals surface area contributed by atoms with Gasteiger partial charge in [-0.2, -0.15) is 0 Å². The van der Waals surface area contributed by atoms with Crippen LogP contribution in [0.1, 0.15) is 41.3 Å². The Morgan fingerprint density at radius 3 is 2.70 bits per heavy atom. The summed E-state index contributed by atoms with van der Waals surface area (Å²) in [5.41, 5.74) is 6.90. The highest BCUT2D eigenvalue weighted by Crippen LogP contribution is 2.37. The summed E-state index contributed by atoms with van der Waals surface area (Å²) >= 11 is 5.89. The molecule has 0 spiro atoms. The molecule has 0 bridgehead atoms. The van der Waals surface area contributed by atoms with E-state index in [1.54, 1.807) is 23.0 Å². The van der Waals surface area contributed by atoms with Gasteiger partial charge in [-0.1, -0.05) is 48.0 Å². The number of halogens is 1. The third-order valence-corrected chi connectivity index (χ3v) is 7.68. The van der Waals surface area contributed by atoms with Crippen molar-refractivity contribution in [1.29, 1.82) is 0 Å². The van der Waals surface area contributed by atoms with Gasteiger partial charge in [-0.15, -0.1) is 0 Å². The van der Waals surface area contributed by atoms with E-state index in [0.29, 0.717) is 16.7 Å². The molecule has 0 radical (unpaired) electrons. The van der Waals surface area contributed by atoms with Crippen LogP contribution < -0.4 is 10.3 Å². The van der Waals surface area contributed by atoms with Crippen LogP contribution in [0, 0.1) is 0 Å². The molecule has 1 atom stereocenters. The predicted molar refractivity (Wildman–Crippen MR) is 148 cm³/mol. The van der Waals surface area contributed by atoms with E-state index in [9.17, 15) is 4.79 Å². The number of ether oxygens (including phenoxy) is 1. The Morgan fingerprint density at radius 1 is 1.05 bits per heavy atom. The highest BCUT2D eigenvalue weighted by Gasteiger charge is 2.23. The van der Waals surface area contributed by atoms with E-state index in [2.05, 4.69) is 59.1 Å². The first kappa shape index (κ1) is 23.6. The van der Waals surface area contributed by atoms with Crippen molar-refractivity contribution < 1.29 is 4.74 Å². The van der Waals surface area contributed by atoms with Gasteiger partial charge in [0.2, 0.25) is 0 Å². The molecule has 1 unspecified atom stereocenters. The van der Waals surface area contributed by atoms with Gasteiger partial charge in [-0.25, -0.2) is 0 Å². The number of benzene rings is 2. The second-order valence-electron chi connectivity index (χ2n) is 9.72. The lowest BCUT2D eigenvalue weighted by molar-refractivity contribution is 0.300. The Bertz CT molecular complexity index is 1620. The first-order chi connectivity index (χ1) is 18.1. The molecule has 6 heteroatoms. The molecule has 0 saturated heterocycles. The SMILES string of the molecule is Cn1c2c(c3ccc(-n4ccc(OCc5ccc(Cl)cn5)cc4=O)cc31)CC(c1ccccc1)CCC2. The first-order valence-electron chi connectivity index (χ1n) is 12.7. The minimum absolute atomic E-state index is 0.138. The maximum Gasteiger partial charge on any atom is 0.258 e. The molecule has 0 N–H and O–H groups in total. The van der Waals surface area contributed by atoms with Gasteiger partial charge in [-0.3, -0.25) is 14.3 Å². The summed E-state index contributed by atoms with van der Waals surface area (Å²) in [6, 6.07) is 24.1. The largest absolute Gasteiger partial charge is 0.487 e. The summed E-state index contributed by atoms with van der Waals surface area (Å²) in [5, 5.41) is 1.86. The maximum atomic E-state index is 13.0. The fraction of sp³-hybridized carbons (Fsp3) is 0.226. The fourth-order valence-corrected chi connectivity index (χ4v) is 5.65. The molecule has 0 saturated carbocycles. The van der Waals surface area contributed by atoms with E-state index < -0.39 is 0 Å². The van der Waals surface area contributed by atoms with Gasteiger partial charge >= 0.3 is 0 Å². The number of hydrogen-bond donors (Lipinski definition) is 0. The van der Waals surface area contributed by atoms with Crippen LogP contribution >= 0.6 is 11.6 Å². The van der Waals surface area contributed by atoms with E-state index in [0.717, 1.165) is 29.7 Å². The minimum atomic E-state index is -0.138. The van der Waals surface area contributed by atoms with Crippen LogP contribution in [0.3, 0.4) is 0 Å². The average Bonchev–Trinajstić information content (AvgIpc) is 3.06. The van der Waals surface area contributed by atoms with Crippen LogP contribution in [-0.4, -0.2) is 14.1 Å². The lowest BCUT2D eigenvalue weighted by Gasteiger charge is -2.15. The molecule has 186 valence electrons. The van der Waals surface area contributed by atoms with Crippen LogP contribution in [0.4, 0.5) is 0 Å². The topological polar surface area (TPSA) is 49.0 Å². The first-order valence-corrected chi connectivity index (χ1v) is 13.1. The number of aromatic nitrogens is 3. The molecular weight excluding hydrogens is 482 g/mol. The van der Waals surface area contributed by atoms with Crippen LogP contribution in [0.5, 0.6) is 5.75 Å². The molecule has 37 heavy (non-hydrogen) atoms. The van der Waals surface area contributed by atoms with Crippen molar-refractivity contribution in [2.45, 2.75) is 38.2 Å². The molecule has 3 heterocycles. The van der Waals surface area contributed by atoms with Crippen molar-refractivity contribution >= 4 is 22.5 Å². The number of hydrogen-bond acceptors (Lipinski definition) is 3. The Morgan fingerprint density at radius 2 is 1.92 bits per heavy atom. The van der Waals surface area contributed by atoms with E-state index >= 15 is 0 Å². The summed E-state index contributed by atoms with van der Waals surface area (Å²) in [6.07, 6.45) is 7.86. The Labute approximate surface area is 220 Å². The molecule has 5 aromatic rings. The zero-order chi connectivity index (χ0) is 25.4. The van der Waals surface area contributed by atoms with Gasteiger partial charge in [0.15, 0.2) is 0 Å². The van der Waals surface area contributed by atoms with E-state index in [1.807, 2.05) is 18.2 Å². The summed E-state index contributed by atoms with van der Waals surface area (Å²) in [7, 11) is 2.15. The van der Waals surface area contributed by atoms with Crippen molar-refractivity contribution in [2.75, 3.05) is 0 Å². The number of aryl methyl sites for hydroxylation is 1. The molecule has 0 fully saturated rings. The van der Waals surface area contributed by atoms with Gasteiger partial charge in [0, 0.05) is 36.6 Å². The second-order valence-corrected chi connectivity index (χ2v) is 10.2. The molecule has 1 aliphatic carbocycles. The summed E-state index contributed by atoms with van der Waals surface area (Å²) in [5.74, 6) is 1.04. The summed E-state index contributed by atoms with van der Waals surface area (Å²) in [6.45, 7) is 0.269.